The van der Waals surface area contributed by atoms with E-state index in [2.05, 4.69) is 4.72 Å². The molecule has 4 nitrogen and oxygen atoms in total. The Morgan fingerprint density at radius 1 is 1.26 bits per heavy atom. The third kappa shape index (κ3) is 3.36. The highest BCUT2D eigenvalue weighted by Gasteiger charge is 2.13. The van der Waals surface area contributed by atoms with Gasteiger partial charge in [0.15, 0.2) is 0 Å². The number of halogens is 2. The average Bonchev–Trinajstić information content (AvgIpc) is 2.38. The number of para-hydroxylation sites is 1. The molecule has 19 heavy (non-hydrogen) atoms. The van der Waals surface area contributed by atoms with E-state index in [1.807, 2.05) is 0 Å². The van der Waals surface area contributed by atoms with Gasteiger partial charge in [-0.05, 0) is 36.2 Å². The van der Waals surface area contributed by atoms with Crippen LogP contribution in [-0.4, -0.2) is 4.92 Å². The summed E-state index contributed by atoms with van der Waals surface area (Å²) in [4.78, 5) is 10.8. The molecule has 0 aromatic heterocycles. The summed E-state index contributed by atoms with van der Waals surface area (Å²) < 4.78 is 15.7. The van der Waals surface area contributed by atoms with Gasteiger partial charge in [0.05, 0.1) is 15.6 Å². The van der Waals surface area contributed by atoms with Gasteiger partial charge in [0.2, 0.25) is 0 Å². The van der Waals surface area contributed by atoms with Crippen molar-refractivity contribution in [1.29, 1.82) is 0 Å². The number of nitrogens with one attached hydrogen (secondary N) is 1. The van der Waals surface area contributed by atoms with E-state index in [0.29, 0.717) is 10.6 Å². The molecule has 0 amide bonds. The summed E-state index contributed by atoms with van der Waals surface area (Å²) in [6.07, 6.45) is 0. The zero-order valence-electron chi connectivity index (χ0n) is 9.47. The molecule has 98 valence electrons. The number of nitro groups is 1. The minimum atomic E-state index is -0.462. The van der Waals surface area contributed by atoms with Crippen molar-refractivity contribution in [1.82, 2.24) is 0 Å². The normalized spacial score (nSPS) is 10.2. The van der Waals surface area contributed by atoms with Crippen molar-refractivity contribution in [3.8, 4) is 0 Å². The molecule has 0 atom stereocenters. The van der Waals surface area contributed by atoms with E-state index >= 15 is 0 Å². The van der Waals surface area contributed by atoms with Gasteiger partial charge in [0.25, 0.3) is 5.69 Å². The largest absolute Gasteiger partial charge is 0.324 e. The summed E-state index contributed by atoms with van der Waals surface area (Å²) in [5, 5.41) is 11.0. The average molecular weight is 299 g/mol. The summed E-state index contributed by atoms with van der Waals surface area (Å²) in [7, 11) is 0. The standard InChI is InChI=1S/C12H8ClFN2O2S/c13-9-7-8(14)5-6-10(9)15-19-12-4-2-1-3-11(12)16(17)18/h1-7,15H. The molecule has 2 rings (SSSR count). The molecule has 2 aromatic carbocycles. The fraction of sp³-hybridized carbons (Fsp3) is 0. The monoisotopic (exact) mass is 298 g/mol. The van der Waals surface area contributed by atoms with Crippen LogP contribution in [0.15, 0.2) is 47.4 Å². The summed E-state index contributed by atoms with van der Waals surface area (Å²) in [5.74, 6) is -0.439. The molecule has 7 heteroatoms. The second kappa shape index (κ2) is 5.90. The van der Waals surface area contributed by atoms with Crippen molar-refractivity contribution in [2.75, 3.05) is 4.72 Å². The molecule has 1 N–H and O–H groups in total. The lowest BCUT2D eigenvalue weighted by Crippen LogP contribution is -1.93. The maximum Gasteiger partial charge on any atom is 0.284 e. The van der Waals surface area contributed by atoms with Crippen LogP contribution in [0.1, 0.15) is 0 Å². The number of rotatable bonds is 4. The zero-order chi connectivity index (χ0) is 13.8. The fourth-order valence-corrected chi connectivity index (χ4v) is 2.44. The van der Waals surface area contributed by atoms with E-state index in [1.54, 1.807) is 18.2 Å². The number of benzene rings is 2. The number of nitro benzene ring substituents is 1. The van der Waals surface area contributed by atoms with E-state index in [4.69, 9.17) is 11.6 Å². The summed E-state index contributed by atoms with van der Waals surface area (Å²) in [6, 6.07) is 10.2. The van der Waals surface area contributed by atoms with Crippen molar-refractivity contribution in [3.05, 3.63) is 63.4 Å². The first kappa shape index (κ1) is 13.6. The molecule has 0 unspecified atom stereocenters. The minimum absolute atomic E-state index is 0.00164. The minimum Gasteiger partial charge on any atom is -0.324 e. The van der Waals surface area contributed by atoms with Crippen LogP contribution < -0.4 is 4.72 Å². The molecule has 0 heterocycles. The predicted octanol–water partition coefficient (Wildman–Crippen LogP) is 4.51. The number of anilines is 1. The molecule has 0 saturated carbocycles. The smallest absolute Gasteiger partial charge is 0.284 e. The molecule has 0 bridgehead atoms. The van der Waals surface area contributed by atoms with Crippen LogP contribution in [0.2, 0.25) is 5.02 Å². The van der Waals surface area contributed by atoms with Gasteiger partial charge in [-0.25, -0.2) is 4.39 Å². The molecule has 0 radical (unpaired) electrons. The van der Waals surface area contributed by atoms with Gasteiger partial charge in [-0.2, -0.15) is 0 Å². The molecule has 0 aliphatic heterocycles. The number of hydrogen-bond acceptors (Lipinski definition) is 4. The van der Waals surface area contributed by atoms with Gasteiger partial charge >= 0.3 is 0 Å². The van der Waals surface area contributed by atoms with Gasteiger partial charge < -0.3 is 4.72 Å². The Morgan fingerprint density at radius 2 is 2.00 bits per heavy atom. The molecule has 0 saturated heterocycles. The first-order valence-electron chi connectivity index (χ1n) is 5.19. The maximum atomic E-state index is 12.9. The van der Waals surface area contributed by atoms with Crippen LogP contribution in [0, 0.1) is 15.9 Å². The van der Waals surface area contributed by atoms with Crippen molar-refractivity contribution < 1.29 is 9.31 Å². The Morgan fingerprint density at radius 3 is 2.68 bits per heavy atom. The highest BCUT2D eigenvalue weighted by molar-refractivity contribution is 8.00. The van der Waals surface area contributed by atoms with Gasteiger partial charge in [0.1, 0.15) is 10.7 Å². The Kier molecular flexibility index (Phi) is 4.24. The lowest BCUT2D eigenvalue weighted by atomic mass is 10.3. The number of hydrogen-bond donors (Lipinski definition) is 1. The molecule has 0 aliphatic rings. The first-order valence-corrected chi connectivity index (χ1v) is 6.38. The van der Waals surface area contributed by atoms with Crippen molar-refractivity contribution >= 4 is 34.9 Å². The van der Waals surface area contributed by atoms with E-state index in [1.165, 1.54) is 24.3 Å². The maximum absolute atomic E-state index is 12.9. The topological polar surface area (TPSA) is 55.2 Å². The molecule has 0 aliphatic carbocycles. The lowest BCUT2D eigenvalue weighted by molar-refractivity contribution is -0.387. The van der Waals surface area contributed by atoms with Gasteiger partial charge in [-0.15, -0.1) is 0 Å². The highest BCUT2D eigenvalue weighted by atomic mass is 35.5. The van der Waals surface area contributed by atoms with Crippen LogP contribution in [0.4, 0.5) is 15.8 Å². The molecular weight excluding hydrogens is 291 g/mol. The number of nitrogens with zero attached hydrogens (tertiary/aromatic N) is 1. The highest BCUT2D eigenvalue weighted by Crippen LogP contribution is 2.32. The predicted molar refractivity (Wildman–Crippen MR) is 74.0 cm³/mol. The molecular formula is C12H8ClFN2O2S. The van der Waals surface area contributed by atoms with Crippen LogP contribution in [0.25, 0.3) is 0 Å². The van der Waals surface area contributed by atoms with Crippen LogP contribution in [0.5, 0.6) is 0 Å². The van der Waals surface area contributed by atoms with Crippen LogP contribution in [0.3, 0.4) is 0 Å². The third-order valence-electron chi connectivity index (χ3n) is 2.26. The second-order valence-electron chi connectivity index (χ2n) is 3.55. The van der Waals surface area contributed by atoms with Crippen molar-refractivity contribution in [2.45, 2.75) is 4.90 Å². The van der Waals surface area contributed by atoms with Crippen LogP contribution in [-0.2, 0) is 0 Å². The van der Waals surface area contributed by atoms with Gasteiger partial charge in [-0.3, -0.25) is 10.1 Å². The summed E-state index contributed by atoms with van der Waals surface area (Å²) in [6.45, 7) is 0. The fourth-order valence-electron chi connectivity index (χ4n) is 1.38. The van der Waals surface area contributed by atoms with E-state index in [9.17, 15) is 14.5 Å². The Labute approximate surface area is 117 Å². The van der Waals surface area contributed by atoms with Crippen molar-refractivity contribution in [2.24, 2.45) is 0 Å². The van der Waals surface area contributed by atoms with Gasteiger partial charge in [-0.1, -0.05) is 23.7 Å². The Balaban J connectivity index is 2.17. The summed E-state index contributed by atoms with van der Waals surface area (Å²) >= 11 is 6.90. The zero-order valence-corrected chi connectivity index (χ0v) is 11.0. The second-order valence-corrected chi connectivity index (χ2v) is 4.81. The van der Waals surface area contributed by atoms with Gasteiger partial charge in [0, 0.05) is 6.07 Å². The molecule has 0 spiro atoms. The molecule has 0 fully saturated rings. The van der Waals surface area contributed by atoms with E-state index < -0.39 is 10.7 Å². The van der Waals surface area contributed by atoms with Crippen molar-refractivity contribution in [3.63, 3.8) is 0 Å². The van der Waals surface area contributed by atoms with Crippen LogP contribution >= 0.6 is 23.5 Å². The Hall–Kier alpha value is -1.79. The SMILES string of the molecule is O=[N+]([O-])c1ccccc1SNc1ccc(F)cc1Cl. The molecule has 2 aromatic rings. The van der Waals surface area contributed by atoms with E-state index in [-0.39, 0.29) is 10.7 Å². The first-order chi connectivity index (χ1) is 9.08. The van der Waals surface area contributed by atoms with E-state index in [0.717, 1.165) is 11.9 Å². The lowest BCUT2D eigenvalue weighted by Gasteiger charge is -2.07. The quantitative estimate of drug-likeness (QED) is 0.513. The Bertz CT molecular complexity index is 624. The summed E-state index contributed by atoms with van der Waals surface area (Å²) in [5.41, 5.74) is 0.490. The third-order valence-corrected chi connectivity index (χ3v) is 3.46.